The van der Waals surface area contributed by atoms with Crippen LogP contribution in [-0.4, -0.2) is 16.8 Å². The topological polar surface area (TPSA) is 50.3 Å². The van der Waals surface area contributed by atoms with Gasteiger partial charge in [0, 0.05) is 22.5 Å². The lowest BCUT2D eigenvalue weighted by atomic mass is 10.00. The fourth-order valence-electron chi connectivity index (χ4n) is 1.82. The first-order valence-electron chi connectivity index (χ1n) is 5.43. The molecule has 2 rings (SSSR count). The van der Waals surface area contributed by atoms with Gasteiger partial charge in [-0.1, -0.05) is 13.8 Å². The second kappa shape index (κ2) is 4.22. The lowest BCUT2D eigenvalue weighted by Crippen LogP contribution is -2.31. The summed E-state index contributed by atoms with van der Waals surface area (Å²) in [7, 11) is 0. The van der Waals surface area contributed by atoms with Gasteiger partial charge in [0.15, 0.2) is 0 Å². The maximum Gasteiger partial charge on any atom is 0.238 e. The molecule has 0 saturated carbocycles. The van der Waals surface area contributed by atoms with E-state index in [9.17, 15) is 9.59 Å². The predicted molar refractivity (Wildman–Crippen MR) is 67.5 cm³/mol. The molecular formula is C12H13BrN2O2. The summed E-state index contributed by atoms with van der Waals surface area (Å²) in [6.45, 7) is 5.44. The van der Waals surface area contributed by atoms with Crippen molar-refractivity contribution >= 4 is 33.6 Å². The highest BCUT2D eigenvalue weighted by molar-refractivity contribution is 9.10. The Morgan fingerprint density at radius 1 is 1.24 bits per heavy atom. The molecule has 0 aromatic carbocycles. The van der Waals surface area contributed by atoms with Gasteiger partial charge >= 0.3 is 0 Å². The van der Waals surface area contributed by atoms with Gasteiger partial charge in [-0.3, -0.25) is 9.59 Å². The smallest absolute Gasteiger partial charge is 0.238 e. The van der Waals surface area contributed by atoms with Crippen molar-refractivity contribution < 1.29 is 9.59 Å². The summed E-state index contributed by atoms with van der Waals surface area (Å²) in [6, 6.07) is 1.74. The number of nitrogens with zero attached hydrogens (tertiary/aromatic N) is 2. The second-order valence-electron chi connectivity index (χ2n) is 4.38. The summed E-state index contributed by atoms with van der Waals surface area (Å²) >= 11 is 3.34. The van der Waals surface area contributed by atoms with E-state index in [0.717, 1.165) is 10.0 Å². The summed E-state index contributed by atoms with van der Waals surface area (Å²) in [4.78, 5) is 29.3. The van der Waals surface area contributed by atoms with Gasteiger partial charge in [-0.15, -0.1) is 0 Å². The molecule has 0 spiro atoms. The number of amides is 2. The van der Waals surface area contributed by atoms with E-state index in [0.29, 0.717) is 5.82 Å². The van der Waals surface area contributed by atoms with Crippen LogP contribution in [0.4, 0.5) is 5.82 Å². The molecular weight excluding hydrogens is 284 g/mol. The molecule has 1 fully saturated rings. The highest BCUT2D eigenvalue weighted by Crippen LogP contribution is 2.30. The zero-order valence-corrected chi connectivity index (χ0v) is 11.5. The van der Waals surface area contributed by atoms with E-state index in [1.54, 1.807) is 26.1 Å². The number of aromatic nitrogens is 1. The summed E-state index contributed by atoms with van der Waals surface area (Å²) in [5.74, 6) is -0.466. The van der Waals surface area contributed by atoms with Crippen LogP contribution in [-0.2, 0) is 9.59 Å². The molecule has 0 radical (unpaired) electrons. The minimum absolute atomic E-state index is 0.170. The Hall–Kier alpha value is -1.23. The SMILES string of the molecule is Cc1cc(N2C(=O)C(C)C(C)C2=O)ncc1Br. The normalized spacial score (nSPS) is 24.6. The Balaban J connectivity index is 2.43. The third-order valence-electron chi connectivity index (χ3n) is 3.23. The van der Waals surface area contributed by atoms with E-state index in [2.05, 4.69) is 20.9 Å². The number of aryl methyl sites for hydroxylation is 1. The molecule has 2 unspecified atom stereocenters. The van der Waals surface area contributed by atoms with Gasteiger partial charge in [0.05, 0.1) is 0 Å². The summed E-state index contributed by atoms with van der Waals surface area (Å²) < 4.78 is 0.862. The maximum absolute atomic E-state index is 12.0. The molecule has 1 aromatic rings. The van der Waals surface area contributed by atoms with Crippen molar-refractivity contribution in [3.8, 4) is 0 Å². The monoisotopic (exact) mass is 296 g/mol. The van der Waals surface area contributed by atoms with E-state index in [4.69, 9.17) is 0 Å². The van der Waals surface area contributed by atoms with Crippen LogP contribution < -0.4 is 4.90 Å². The van der Waals surface area contributed by atoms with Crippen LogP contribution in [0.3, 0.4) is 0 Å². The van der Waals surface area contributed by atoms with Gasteiger partial charge in [-0.25, -0.2) is 9.88 Å². The van der Waals surface area contributed by atoms with Crippen molar-refractivity contribution in [1.29, 1.82) is 0 Å². The maximum atomic E-state index is 12.0. The first-order valence-corrected chi connectivity index (χ1v) is 6.22. The van der Waals surface area contributed by atoms with Crippen molar-refractivity contribution in [2.45, 2.75) is 20.8 Å². The van der Waals surface area contributed by atoms with Crippen LogP contribution in [0.25, 0.3) is 0 Å². The molecule has 2 heterocycles. The molecule has 2 amide bonds. The van der Waals surface area contributed by atoms with E-state index < -0.39 is 0 Å². The molecule has 4 nitrogen and oxygen atoms in total. The van der Waals surface area contributed by atoms with Crippen molar-refractivity contribution in [2.24, 2.45) is 11.8 Å². The molecule has 1 aliphatic rings. The highest BCUT2D eigenvalue weighted by atomic mass is 79.9. The van der Waals surface area contributed by atoms with Crippen molar-refractivity contribution in [3.63, 3.8) is 0 Å². The van der Waals surface area contributed by atoms with Crippen molar-refractivity contribution in [1.82, 2.24) is 4.98 Å². The predicted octanol–water partition coefficient (Wildman–Crippen LogP) is 2.30. The van der Waals surface area contributed by atoms with Crippen LogP contribution in [0.1, 0.15) is 19.4 Å². The molecule has 5 heteroatoms. The second-order valence-corrected chi connectivity index (χ2v) is 5.24. The van der Waals surface area contributed by atoms with Gasteiger partial charge < -0.3 is 0 Å². The Morgan fingerprint density at radius 2 is 1.76 bits per heavy atom. The lowest BCUT2D eigenvalue weighted by Gasteiger charge is -2.14. The minimum atomic E-state index is -0.270. The molecule has 0 bridgehead atoms. The van der Waals surface area contributed by atoms with Crippen LogP contribution in [0.15, 0.2) is 16.7 Å². The first-order chi connectivity index (χ1) is 7.93. The number of rotatable bonds is 1. The Morgan fingerprint density at radius 3 is 2.24 bits per heavy atom. The van der Waals surface area contributed by atoms with E-state index in [1.165, 1.54) is 4.90 Å². The van der Waals surface area contributed by atoms with Gasteiger partial charge in [0.25, 0.3) is 0 Å². The zero-order valence-electron chi connectivity index (χ0n) is 9.90. The molecule has 1 aromatic heterocycles. The van der Waals surface area contributed by atoms with Crippen LogP contribution >= 0.6 is 15.9 Å². The number of imide groups is 1. The Bertz CT molecular complexity index is 481. The summed E-state index contributed by atoms with van der Waals surface area (Å²) in [5, 5.41) is 0. The van der Waals surface area contributed by atoms with Crippen LogP contribution in [0, 0.1) is 18.8 Å². The van der Waals surface area contributed by atoms with E-state index >= 15 is 0 Å². The van der Waals surface area contributed by atoms with E-state index in [-0.39, 0.29) is 23.7 Å². The van der Waals surface area contributed by atoms with Gasteiger partial charge in [-0.2, -0.15) is 0 Å². The van der Waals surface area contributed by atoms with Crippen LogP contribution in [0.2, 0.25) is 0 Å². The van der Waals surface area contributed by atoms with Crippen LogP contribution in [0.5, 0.6) is 0 Å². The van der Waals surface area contributed by atoms with Gasteiger partial charge in [0.1, 0.15) is 5.82 Å². The van der Waals surface area contributed by atoms with E-state index in [1.807, 2.05) is 6.92 Å². The fourth-order valence-corrected chi connectivity index (χ4v) is 2.03. The highest BCUT2D eigenvalue weighted by Gasteiger charge is 2.43. The molecule has 90 valence electrons. The first kappa shape index (κ1) is 12.2. The Kier molecular flexibility index (Phi) is 3.03. The number of halogens is 1. The number of anilines is 1. The molecule has 17 heavy (non-hydrogen) atoms. The fraction of sp³-hybridized carbons (Fsp3) is 0.417. The van der Waals surface area contributed by atoms with Gasteiger partial charge in [-0.05, 0) is 34.5 Å². The standard InChI is InChI=1S/C12H13BrN2O2/c1-6-4-10(14-5-9(6)13)15-11(16)7(2)8(3)12(15)17/h4-5,7-8H,1-3H3. The Labute approximate surface area is 108 Å². The average molecular weight is 297 g/mol. The zero-order chi connectivity index (χ0) is 12.7. The van der Waals surface area contributed by atoms with Crippen molar-refractivity contribution in [3.05, 3.63) is 22.3 Å². The van der Waals surface area contributed by atoms with Crippen molar-refractivity contribution in [2.75, 3.05) is 4.90 Å². The number of carbonyl (C=O) groups excluding carboxylic acids is 2. The largest absolute Gasteiger partial charge is 0.274 e. The number of carbonyl (C=O) groups is 2. The third kappa shape index (κ3) is 1.88. The third-order valence-corrected chi connectivity index (χ3v) is 4.06. The molecule has 0 aliphatic carbocycles. The molecule has 2 atom stereocenters. The number of hydrogen-bond donors (Lipinski definition) is 0. The summed E-state index contributed by atoms with van der Waals surface area (Å²) in [5.41, 5.74) is 0.947. The molecule has 1 saturated heterocycles. The number of hydrogen-bond acceptors (Lipinski definition) is 3. The van der Waals surface area contributed by atoms with Gasteiger partial charge in [0.2, 0.25) is 11.8 Å². The molecule has 0 N–H and O–H groups in total. The molecule has 1 aliphatic heterocycles. The quantitative estimate of drug-likeness (QED) is 0.747. The lowest BCUT2D eigenvalue weighted by molar-refractivity contribution is -0.122. The summed E-state index contributed by atoms with van der Waals surface area (Å²) in [6.07, 6.45) is 1.61. The number of pyridine rings is 1. The minimum Gasteiger partial charge on any atom is -0.274 e. The average Bonchev–Trinajstić information content (AvgIpc) is 2.48.